The summed E-state index contributed by atoms with van der Waals surface area (Å²) in [6.07, 6.45) is 7.21. The first-order valence-electron chi connectivity index (χ1n) is 5.51. The number of hydrogen-bond donors (Lipinski definition) is 2. The van der Waals surface area contributed by atoms with E-state index in [2.05, 4.69) is 10.3 Å². The van der Waals surface area contributed by atoms with Gasteiger partial charge in [-0.25, -0.2) is 0 Å². The minimum absolute atomic E-state index is 0.399. The third-order valence-corrected chi connectivity index (χ3v) is 2.62. The van der Waals surface area contributed by atoms with E-state index in [0.717, 1.165) is 4.31 Å². The molecule has 0 bridgehead atoms. The van der Waals surface area contributed by atoms with Crippen LogP contribution in [0.4, 0.5) is 0 Å². The number of rotatable bonds is 8. The van der Waals surface area contributed by atoms with Crippen LogP contribution in [0.2, 0.25) is 0 Å². The van der Waals surface area contributed by atoms with Crippen molar-refractivity contribution in [2.45, 2.75) is 26.9 Å². The van der Waals surface area contributed by atoms with Crippen molar-refractivity contribution < 1.29 is 8.76 Å². The summed E-state index contributed by atoms with van der Waals surface area (Å²) in [4.78, 5) is 3.94. The van der Waals surface area contributed by atoms with E-state index in [1.165, 1.54) is 12.5 Å². The molecule has 2 unspecified atom stereocenters. The van der Waals surface area contributed by atoms with E-state index in [-0.39, 0.29) is 0 Å². The van der Waals surface area contributed by atoms with Gasteiger partial charge in [-0.2, -0.15) is 0 Å². The maximum absolute atomic E-state index is 11.0. The fourth-order valence-corrected chi connectivity index (χ4v) is 1.46. The molecule has 0 heterocycles. The maximum Gasteiger partial charge on any atom is 0.108 e. The highest BCUT2D eigenvalue weighted by atomic mass is 32.2. The largest absolute Gasteiger partial charge is 0.755 e. The molecule has 18 heavy (non-hydrogen) atoms. The Balaban J connectivity index is 4.51. The normalized spacial score (nSPS) is 15.3. The predicted octanol–water partition coefficient (Wildman–Crippen LogP) is 1.18. The molecule has 2 N–H and O–H groups in total. The highest BCUT2D eigenvalue weighted by Crippen LogP contribution is 2.00. The second-order valence-corrected chi connectivity index (χ2v) is 4.29. The van der Waals surface area contributed by atoms with Crippen molar-refractivity contribution in [1.29, 1.82) is 5.41 Å². The van der Waals surface area contributed by atoms with Crippen molar-refractivity contribution in [2.75, 3.05) is 6.54 Å². The van der Waals surface area contributed by atoms with Gasteiger partial charge in [0.15, 0.2) is 0 Å². The molecule has 0 saturated carbocycles. The highest BCUT2D eigenvalue weighted by molar-refractivity contribution is 7.76. The first-order valence-corrected chi connectivity index (χ1v) is 6.54. The van der Waals surface area contributed by atoms with Crippen molar-refractivity contribution in [1.82, 2.24) is 9.62 Å². The first kappa shape index (κ1) is 16.5. The van der Waals surface area contributed by atoms with Gasteiger partial charge in [-0.3, -0.25) is 13.5 Å². The Bertz CT molecular complexity index is 366. The quantitative estimate of drug-likeness (QED) is 0.228. The number of aliphatic imine (C=N–C) groups is 1. The summed E-state index contributed by atoms with van der Waals surface area (Å²) in [5, 5.41) is 10.0. The van der Waals surface area contributed by atoms with Crippen molar-refractivity contribution in [3.05, 3.63) is 24.4 Å². The summed E-state index contributed by atoms with van der Waals surface area (Å²) in [5.74, 6) is 0. The van der Waals surface area contributed by atoms with Crippen LogP contribution in [0.3, 0.4) is 0 Å². The molecular weight excluding hydrogens is 252 g/mol. The van der Waals surface area contributed by atoms with E-state index in [1.54, 1.807) is 32.1 Å². The number of nitrogens with zero attached hydrogens (tertiary/aromatic N) is 2. The Morgan fingerprint density at radius 2 is 2.28 bits per heavy atom. The fraction of sp³-hybridized carbons (Fsp3) is 0.455. The van der Waals surface area contributed by atoms with Gasteiger partial charge in [0.1, 0.15) is 6.17 Å². The number of hydrogen-bond acceptors (Lipinski definition) is 4. The van der Waals surface area contributed by atoms with Crippen LogP contribution < -0.4 is 5.32 Å². The molecule has 0 radical (unpaired) electrons. The zero-order valence-electron chi connectivity index (χ0n) is 10.8. The fourth-order valence-electron chi connectivity index (χ4n) is 0.968. The lowest BCUT2D eigenvalue weighted by molar-refractivity contribution is 0.382. The minimum atomic E-state index is -2.37. The molecule has 102 valence electrons. The van der Waals surface area contributed by atoms with Gasteiger partial charge < -0.3 is 15.3 Å². The van der Waals surface area contributed by atoms with Gasteiger partial charge in [0, 0.05) is 29.7 Å². The topological polar surface area (TPSA) is 91.6 Å². The van der Waals surface area contributed by atoms with Crippen LogP contribution in [0.25, 0.3) is 0 Å². The Labute approximate surface area is 110 Å². The molecule has 0 saturated heterocycles. The summed E-state index contributed by atoms with van der Waals surface area (Å²) in [5.41, 5.74) is 0.399. The van der Waals surface area contributed by atoms with Crippen molar-refractivity contribution in [3.63, 3.8) is 0 Å². The highest BCUT2D eigenvalue weighted by Gasteiger charge is 2.07. The standard InChI is InChI=1S/C11H20N4O2S/c1-4-13-9-14-11(3)15(18(16)17)8-6-5-7-10(2)12/h5-9,11-12H,4H2,1-3H3,(H,13,14)(H,16,17)/p-1/b7-5+,8-6+,12-10?. The van der Waals surface area contributed by atoms with E-state index in [4.69, 9.17) is 5.41 Å². The van der Waals surface area contributed by atoms with Gasteiger partial charge in [0.2, 0.25) is 0 Å². The van der Waals surface area contributed by atoms with Gasteiger partial charge in [-0.05, 0) is 32.9 Å². The predicted molar refractivity (Wildman–Crippen MR) is 74.1 cm³/mol. The molecular formula is C11H19N4O2S-. The van der Waals surface area contributed by atoms with E-state index >= 15 is 0 Å². The van der Waals surface area contributed by atoms with Gasteiger partial charge in [-0.1, -0.05) is 6.08 Å². The van der Waals surface area contributed by atoms with Crippen molar-refractivity contribution >= 4 is 23.3 Å². The summed E-state index contributed by atoms with van der Waals surface area (Å²) >= 11 is -2.37. The van der Waals surface area contributed by atoms with E-state index in [9.17, 15) is 8.76 Å². The van der Waals surface area contributed by atoms with Crippen LogP contribution >= 0.6 is 0 Å². The van der Waals surface area contributed by atoms with Gasteiger partial charge >= 0.3 is 0 Å². The SMILES string of the molecule is CCN=CNC(C)N(/C=C/C=C/C(C)=N)S(=O)[O-]. The minimum Gasteiger partial charge on any atom is -0.755 e. The molecule has 0 aromatic carbocycles. The lowest BCUT2D eigenvalue weighted by Crippen LogP contribution is -2.40. The summed E-state index contributed by atoms with van der Waals surface area (Å²) in [6.45, 7) is 5.86. The summed E-state index contributed by atoms with van der Waals surface area (Å²) in [7, 11) is 0. The second kappa shape index (κ2) is 9.55. The second-order valence-electron chi connectivity index (χ2n) is 3.43. The van der Waals surface area contributed by atoms with Crippen molar-refractivity contribution in [2.24, 2.45) is 4.99 Å². The Morgan fingerprint density at radius 1 is 1.61 bits per heavy atom. The third kappa shape index (κ3) is 7.75. The molecule has 0 aliphatic rings. The van der Waals surface area contributed by atoms with Crippen LogP contribution in [0, 0.1) is 5.41 Å². The van der Waals surface area contributed by atoms with Gasteiger partial charge in [-0.15, -0.1) is 0 Å². The zero-order chi connectivity index (χ0) is 14.0. The van der Waals surface area contributed by atoms with E-state index in [1.807, 2.05) is 6.92 Å². The zero-order valence-corrected chi connectivity index (χ0v) is 11.6. The molecule has 0 amide bonds. The lowest BCUT2D eigenvalue weighted by Gasteiger charge is -2.28. The maximum atomic E-state index is 11.0. The molecule has 0 spiro atoms. The molecule has 0 aromatic rings. The summed E-state index contributed by atoms with van der Waals surface area (Å²) in [6, 6.07) is 0. The van der Waals surface area contributed by atoms with Crippen LogP contribution in [-0.2, 0) is 11.3 Å². The molecule has 0 aliphatic carbocycles. The molecule has 2 atom stereocenters. The smallest absolute Gasteiger partial charge is 0.108 e. The molecule has 0 aliphatic heterocycles. The average Bonchev–Trinajstić information content (AvgIpc) is 2.28. The van der Waals surface area contributed by atoms with Crippen LogP contribution in [0.15, 0.2) is 29.4 Å². The molecule has 0 aromatic heterocycles. The third-order valence-electron chi connectivity index (χ3n) is 1.83. The average molecular weight is 271 g/mol. The van der Waals surface area contributed by atoms with Crippen LogP contribution in [-0.4, -0.2) is 37.8 Å². The molecule has 7 heteroatoms. The Morgan fingerprint density at radius 3 is 2.78 bits per heavy atom. The number of allylic oxidation sites excluding steroid dienone is 3. The first-order chi connectivity index (χ1) is 8.49. The Kier molecular flexibility index (Phi) is 8.77. The van der Waals surface area contributed by atoms with Crippen molar-refractivity contribution in [3.8, 4) is 0 Å². The van der Waals surface area contributed by atoms with Gasteiger partial charge in [0.05, 0.1) is 6.34 Å². The van der Waals surface area contributed by atoms with E-state index in [0.29, 0.717) is 12.3 Å². The summed E-state index contributed by atoms with van der Waals surface area (Å²) < 4.78 is 23.2. The molecule has 0 rings (SSSR count). The molecule has 6 nitrogen and oxygen atoms in total. The van der Waals surface area contributed by atoms with E-state index < -0.39 is 17.4 Å². The monoisotopic (exact) mass is 271 g/mol. The molecule has 0 fully saturated rings. The number of nitrogens with one attached hydrogen (secondary N) is 2. The Hall–Kier alpha value is -1.47. The lowest BCUT2D eigenvalue weighted by atomic mass is 10.3. The van der Waals surface area contributed by atoms with Gasteiger partial charge in [0.25, 0.3) is 0 Å². The van der Waals surface area contributed by atoms with Crippen LogP contribution in [0.1, 0.15) is 20.8 Å². The van der Waals surface area contributed by atoms with Crippen LogP contribution in [0.5, 0.6) is 0 Å².